The number of thioether (sulfide) groups is 1. The number of carbonyl (C=O) groups is 2. The number of amides is 1. The third kappa shape index (κ3) is 7.87. The van der Waals surface area contributed by atoms with E-state index >= 15 is 0 Å². The Kier molecular flexibility index (Phi) is 11.4. The summed E-state index contributed by atoms with van der Waals surface area (Å²) < 4.78 is 34.6. The average Bonchev–Trinajstić information content (AvgIpc) is 3.46. The zero-order valence-corrected chi connectivity index (χ0v) is 27.1. The van der Waals surface area contributed by atoms with Crippen molar-refractivity contribution >= 4 is 37.1 Å². The van der Waals surface area contributed by atoms with Gasteiger partial charge in [0.15, 0.2) is 0 Å². The van der Waals surface area contributed by atoms with Crippen molar-refractivity contribution in [3.8, 4) is 0 Å². The second kappa shape index (κ2) is 13.9. The number of nitro groups is 1. The van der Waals surface area contributed by atoms with Gasteiger partial charge in [0, 0.05) is 35.1 Å². The first-order valence-corrected chi connectivity index (χ1v) is 16.3. The quantitative estimate of drug-likeness (QED) is 0.0594. The van der Waals surface area contributed by atoms with Crippen LogP contribution >= 0.6 is 19.6 Å². The Morgan fingerprint density at radius 3 is 2.48 bits per heavy atom. The van der Waals surface area contributed by atoms with E-state index in [4.69, 9.17) is 18.5 Å². The number of non-ortho nitro benzene ring substituents is 1. The number of esters is 1. The van der Waals surface area contributed by atoms with Crippen LogP contribution in [0.2, 0.25) is 0 Å². The third-order valence-corrected chi connectivity index (χ3v) is 10.5. The molecular weight excluding hydrogens is 621 g/mol. The first kappa shape index (κ1) is 36.1. The van der Waals surface area contributed by atoms with Crippen LogP contribution in [0.4, 0.5) is 5.69 Å². The van der Waals surface area contributed by atoms with Crippen molar-refractivity contribution in [2.75, 3.05) is 34.4 Å². The summed E-state index contributed by atoms with van der Waals surface area (Å²) in [5.41, 5.74) is 0.574. The summed E-state index contributed by atoms with van der Waals surface area (Å²) in [7, 11) is 1.15. The Balaban J connectivity index is 0.00000529. The lowest BCUT2D eigenvalue weighted by Gasteiger charge is -2.46. The van der Waals surface area contributed by atoms with Gasteiger partial charge in [-0.1, -0.05) is 6.92 Å². The number of hydrogen-bond acceptors (Lipinski definition) is 12. The monoisotopic (exact) mass is 661 g/mol. The second-order valence-corrected chi connectivity index (χ2v) is 14.7. The van der Waals surface area contributed by atoms with Crippen LogP contribution in [0, 0.1) is 22.0 Å². The molecule has 1 amide bonds. The first-order chi connectivity index (χ1) is 20.0. The minimum atomic E-state index is -4.33. The highest BCUT2D eigenvalue weighted by molar-refractivity contribution is 8.03. The van der Waals surface area contributed by atoms with Gasteiger partial charge < -0.3 is 34.3 Å². The first-order valence-electron chi connectivity index (χ1n) is 13.9. The number of phosphoric ester groups is 1. The van der Waals surface area contributed by atoms with E-state index in [0.717, 1.165) is 0 Å². The SMILES string of the molecule is CC(O)C1C(=O)N2C(C(=O)OCc3ccc([N+](=O)[O-])cc3)=C(SC3COC(COP(=O)(O)OC(C)[N+](C)(C)C)C3)C(C)C12.[OH-]. The molecule has 2 saturated heterocycles. The van der Waals surface area contributed by atoms with Crippen molar-refractivity contribution in [3.05, 3.63) is 50.5 Å². The summed E-state index contributed by atoms with van der Waals surface area (Å²) in [6.07, 6.45) is -1.52. The highest BCUT2D eigenvalue weighted by Crippen LogP contribution is 2.52. The summed E-state index contributed by atoms with van der Waals surface area (Å²) in [6, 6.07) is 5.21. The number of nitro benzene ring substituents is 1. The van der Waals surface area contributed by atoms with E-state index in [2.05, 4.69) is 0 Å². The van der Waals surface area contributed by atoms with Crippen LogP contribution in [0.3, 0.4) is 0 Å². The van der Waals surface area contributed by atoms with Gasteiger partial charge >= 0.3 is 13.8 Å². The fourth-order valence-corrected chi connectivity index (χ4v) is 7.74. The van der Waals surface area contributed by atoms with Gasteiger partial charge in [-0.25, -0.2) is 13.9 Å². The fourth-order valence-electron chi connectivity index (χ4n) is 5.19. The number of fused-ring (bicyclic) bond motifs is 1. The van der Waals surface area contributed by atoms with Crippen LogP contribution in [0.1, 0.15) is 32.8 Å². The summed E-state index contributed by atoms with van der Waals surface area (Å²) in [5, 5.41) is 21.0. The molecular formula is C27H40N3O12PS. The molecule has 2 fully saturated rings. The number of ether oxygens (including phenoxy) is 2. The van der Waals surface area contributed by atoms with E-state index in [-0.39, 0.29) is 53.8 Å². The molecule has 0 bridgehead atoms. The zero-order valence-electron chi connectivity index (χ0n) is 25.4. The van der Waals surface area contributed by atoms with Crippen LogP contribution < -0.4 is 0 Å². The lowest BCUT2D eigenvalue weighted by molar-refractivity contribution is -0.913. The normalized spacial score (nSPS) is 27.6. The van der Waals surface area contributed by atoms with E-state index in [1.165, 1.54) is 40.9 Å². The zero-order chi connectivity index (χ0) is 31.9. The van der Waals surface area contributed by atoms with Gasteiger partial charge in [0.1, 0.15) is 12.3 Å². The predicted molar refractivity (Wildman–Crippen MR) is 157 cm³/mol. The molecule has 0 radical (unpaired) electrons. The summed E-state index contributed by atoms with van der Waals surface area (Å²) in [4.78, 5) is 49.0. The van der Waals surface area contributed by atoms with Crippen LogP contribution in [0.15, 0.2) is 34.9 Å². The van der Waals surface area contributed by atoms with Gasteiger partial charge in [-0.3, -0.25) is 19.4 Å². The van der Waals surface area contributed by atoms with E-state index in [0.29, 0.717) is 21.4 Å². The molecule has 0 saturated carbocycles. The van der Waals surface area contributed by atoms with Gasteiger partial charge in [0.2, 0.25) is 12.1 Å². The summed E-state index contributed by atoms with van der Waals surface area (Å²) in [5.74, 6) is -1.99. The number of aliphatic hydroxyl groups excluding tert-OH is 1. The molecule has 4 rings (SSSR count). The van der Waals surface area contributed by atoms with Crippen LogP contribution in [0.5, 0.6) is 0 Å². The average molecular weight is 662 g/mol. The van der Waals surface area contributed by atoms with Crippen LogP contribution in [0.25, 0.3) is 0 Å². The van der Waals surface area contributed by atoms with Crippen molar-refractivity contribution in [2.45, 2.75) is 63.5 Å². The molecule has 1 aromatic carbocycles. The molecule has 3 aliphatic rings. The largest absolute Gasteiger partial charge is 0.870 e. The molecule has 0 aliphatic carbocycles. The number of β-lactam (4-membered cyclic amide) rings is 1. The van der Waals surface area contributed by atoms with E-state index < -0.39 is 49.1 Å². The molecule has 1 aromatic rings. The van der Waals surface area contributed by atoms with Crippen molar-refractivity contribution in [1.29, 1.82) is 0 Å². The lowest BCUT2D eigenvalue weighted by Crippen LogP contribution is -2.63. The number of carbonyl (C=O) groups excluding carboxylic acids is 2. The molecule has 3 N–H and O–H groups in total. The molecule has 3 aliphatic heterocycles. The van der Waals surface area contributed by atoms with E-state index in [1.54, 1.807) is 13.8 Å². The molecule has 3 heterocycles. The molecule has 15 nitrogen and oxygen atoms in total. The molecule has 0 spiro atoms. The van der Waals surface area contributed by atoms with Gasteiger partial charge in [-0.05, 0) is 31.0 Å². The number of quaternary nitrogens is 1. The number of nitrogens with zero attached hydrogens (tertiary/aromatic N) is 3. The number of rotatable bonds is 13. The van der Waals surface area contributed by atoms with Crippen molar-refractivity contribution in [1.82, 2.24) is 4.90 Å². The minimum absolute atomic E-state index is 0. The highest BCUT2D eigenvalue weighted by atomic mass is 32.2. The lowest BCUT2D eigenvalue weighted by atomic mass is 9.79. The fraction of sp³-hybridized carbons (Fsp3) is 0.630. The third-order valence-electron chi connectivity index (χ3n) is 7.96. The Hall–Kier alpha value is -2.40. The number of phosphoric acid groups is 1. The van der Waals surface area contributed by atoms with Crippen molar-refractivity contribution < 1.29 is 57.6 Å². The molecule has 17 heteroatoms. The summed E-state index contributed by atoms with van der Waals surface area (Å²) in [6.45, 7) is 5.08. The Labute approximate surface area is 259 Å². The number of hydrogen-bond donors (Lipinski definition) is 2. The van der Waals surface area contributed by atoms with Crippen molar-refractivity contribution in [3.63, 3.8) is 0 Å². The maximum absolute atomic E-state index is 13.4. The Morgan fingerprint density at radius 1 is 1.27 bits per heavy atom. The molecule has 246 valence electrons. The van der Waals surface area contributed by atoms with Crippen molar-refractivity contribution in [2.24, 2.45) is 11.8 Å². The predicted octanol–water partition coefficient (Wildman–Crippen LogP) is 2.61. The topological polar surface area (TPSA) is 205 Å². The minimum Gasteiger partial charge on any atom is -0.870 e. The highest BCUT2D eigenvalue weighted by Gasteiger charge is 2.60. The molecule has 44 heavy (non-hydrogen) atoms. The van der Waals surface area contributed by atoms with Crippen LogP contribution in [-0.4, -0.2) is 106 Å². The van der Waals surface area contributed by atoms with Gasteiger partial charge in [-0.2, -0.15) is 0 Å². The maximum Gasteiger partial charge on any atom is 0.476 e. The van der Waals surface area contributed by atoms with Gasteiger partial charge in [0.25, 0.3) is 5.69 Å². The van der Waals surface area contributed by atoms with E-state index in [1.807, 2.05) is 28.1 Å². The molecule has 8 atom stereocenters. The number of benzene rings is 1. The Bertz CT molecular complexity index is 1320. The smallest absolute Gasteiger partial charge is 0.476 e. The molecule has 8 unspecified atom stereocenters. The second-order valence-electron chi connectivity index (χ2n) is 12.0. The Morgan fingerprint density at radius 2 is 1.91 bits per heavy atom. The van der Waals surface area contributed by atoms with Gasteiger partial charge in [0.05, 0.1) is 63.4 Å². The van der Waals surface area contributed by atoms with Gasteiger partial charge in [-0.15, -0.1) is 11.8 Å². The maximum atomic E-state index is 13.4. The standard InChI is InChI=1S/C27H38N3O11PS.H2O/c1-15-23-22(16(2)31)26(32)28(23)24(27(33)39-12-18-7-9-19(10-8-18)29(34)35)25(15)43-21-11-20(38-14-21)13-40-42(36,37)41-17(3)30(4,5)6;/h7-10,15-17,20-23,31H,11-14H2,1-6H3;1H2. The van der Waals surface area contributed by atoms with Crippen LogP contribution in [-0.2, 0) is 39.3 Å². The molecule has 0 aromatic heterocycles. The van der Waals surface area contributed by atoms with E-state index in [9.17, 15) is 34.3 Å². The number of aliphatic hydroxyl groups is 1. The summed E-state index contributed by atoms with van der Waals surface area (Å²) >= 11 is 1.38.